The summed E-state index contributed by atoms with van der Waals surface area (Å²) in [6, 6.07) is 26.4. The first kappa shape index (κ1) is 23.2. The van der Waals surface area contributed by atoms with E-state index in [4.69, 9.17) is 21.4 Å². The van der Waals surface area contributed by atoms with E-state index in [0.717, 1.165) is 59.2 Å². The van der Waals surface area contributed by atoms with Crippen molar-refractivity contribution >= 4 is 44.6 Å². The maximum Gasteiger partial charge on any atom is 0.174 e. The highest BCUT2D eigenvalue weighted by Gasteiger charge is 2.42. The zero-order valence-electron chi connectivity index (χ0n) is 19.5. The fourth-order valence-corrected chi connectivity index (χ4v) is 5.46. The number of furan rings is 1. The summed E-state index contributed by atoms with van der Waals surface area (Å²) in [4.78, 5) is 9.12. The summed E-state index contributed by atoms with van der Waals surface area (Å²) in [5.41, 5.74) is 4.13. The Morgan fingerprint density at radius 3 is 2.36 bits per heavy atom. The summed E-state index contributed by atoms with van der Waals surface area (Å²) in [5.74, 6) is 1.64. The number of morpholine rings is 1. The van der Waals surface area contributed by atoms with Crippen molar-refractivity contribution in [3.63, 3.8) is 0 Å². The summed E-state index contributed by atoms with van der Waals surface area (Å²) in [7, 11) is 0. The van der Waals surface area contributed by atoms with Gasteiger partial charge in [-0.3, -0.25) is 4.98 Å². The summed E-state index contributed by atoms with van der Waals surface area (Å²) in [6.07, 6.45) is 1.81. The molecule has 0 spiro atoms. The third kappa shape index (κ3) is 4.52. The molecule has 2 aromatic heterocycles. The second kappa shape index (κ2) is 10.0. The summed E-state index contributed by atoms with van der Waals surface area (Å²) < 4.78 is 13.0. The lowest BCUT2D eigenvalue weighted by Crippen LogP contribution is -2.36. The second-order valence-corrected chi connectivity index (χ2v) is 10.1. The van der Waals surface area contributed by atoms with Crippen molar-refractivity contribution in [3.8, 4) is 11.3 Å². The molecule has 2 fully saturated rings. The molecular formula is C28H25BrN4O2S. The van der Waals surface area contributed by atoms with Gasteiger partial charge >= 0.3 is 0 Å². The van der Waals surface area contributed by atoms with Crippen molar-refractivity contribution < 1.29 is 9.15 Å². The molecule has 0 aliphatic carbocycles. The molecule has 2 aromatic carbocycles. The Morgan fingerprint density at radius 2 is 1.64 bits per heavy atom. The first-order chi connectivity index (χ1) is 17.7. The fraction of sp³-hybridized carbons (Fsp3) is 0.214. The Hall–Kier alpha value is -3.20. The van der Waals surface area contributed by atoms with Gasteiger partial charge < -0.3 is 24.3 Å². The highest BCUT2D eigenvalue weighted by molar-refractivity contribution is 9.10. The van der Waals surface area contributed by atoms with Crippen molar-refractivity contribution in [2.75, 3.05) is 36.1 Å². The van der Waals surface area contributed by atoms with Crippen LogP contribution in [-0.2, 0) is 4.74 Å². The molecule has 8 heteroatoms. The van der Waals surface area contributed by atoms with Crippen molar-refractivity contribution in [1.29, 1.82) is 0 Å². The van der Waals surface area contributed by atoms with Crippen LogP contribution in [-0.4, -0.2) is 36.4 Å². The minimum absolute atomic E-state index is 0.151. The summed E-state index contributed by atoms with van der Waals surface area (Å²) in [6.45, 7) is 3.32. The van der Waals surface area contributed by atoms with E-state index in [1.165, 1.54) is 5.69 Å². The molecule has 0 bridgehead atoms. The Morgan fingerprint density at radius 1 is 0.889 bits per heavy atom. The molecule has 0 saturated carbocycles. The molecule has 4 heterocycles. The van der Waals surface area contributed by atoms with E-state index in [1.54, 1.807) is 0 Å². The maximum atomic E-state index is 6.46. The number of benzene rings is 2. The topological polar surface area (TPSA) is 53.8 Å². The lowest BCUT2D eigenvalue weighted by atomic mass is 10.0. The van der Waals surface area contributed by atoms with Crippen LogP contribution < -0.4 is 15.1 Å². The van der Waals surface area contributed by atoms with Gasteiger partial charge in [0.1, 0.15) is 17.6 Å². The van der Waals surface area contributed by atoms with E-state index in [1.807, 2.05) is 60.8 Å². The Kier molecular flexibility index (Phi) is 6.48. The zero-order chi connectivity index (χ0) is 24.5. The van der Waals surface area contributed by atoms with Gasteiger partial charge in [-0.2, -0.15) is 0 Å². The number of thiocarbonyl (C=S) groups is 1. The lowest BCUT2D eigenvalue weighted by molar-refractivity contribution is 0.122. The van der Waals surface area contributed by atoms with Crippen molar-refractivity contribution in [2.24, 2.45) is 0 Å². The average Bonchev–Trinajstić information content (AvgIpc) is 3.55. The molecule has 36 heavy (non-hydrogen) atoms. The van der Waals surface area contributed by atoms with Crippen LogP contribution in [0.4, 0.5) is 11.4 Å². The molecule has 2 aliphatic heterocycles. The predicted octanol–water partition coefficient (Wildman–Crippen LogP) is 6.12. The molecule has 2 aliphatic rings. The van der Waals surface area contributed by atoms with Crippen molar-refractivity contribution in [3.05, 3.63) is 101 Å². The number of ether oxygens (including phenoxy) is 1. The molecule has 4 aromatic rings. The third-order valence-corrected chi connectivity index (χ3v) is 7.49. The predicted molar refractivity (Wildman–Crippen MR) is 149 cm³/mol. The number of aromatic nitrogens is 1. The lowest BCUT2D eigenvalue weighted by Gasteiger charge is -2.30. The largest absolute Gasteiger partial charge is 0.459 e. The molecule has 2 saturated heterocycles. The van der Waals surface area contributed by atoms with E-state index in [9.17, 15) is 0 Å². The van der Waals surface area contributed by atoms with E-state index >= 15 is 0 Å². The fourth-order valence-electron chi connectivity index (χ4n) is 4.85. The number of nitrogens with zero attached hydrogens (tertiary/aromatic N) is 3. The maximum absolute atomic E-state index is 6.46. The Labute approximate surface area is 224 Å². The van der Waals surface area contributed by atoms with Crippen LogP contribution in [0.2, 0.25) is 0 Å². The molecule has 6 rings (SSSR count). The van der Waals surface area contributed by atoms with Crippen LogP contribution in [0.5, 0.6) is 0 Å². The van der Waals surface area contributed by atoms with Gasteiger partial charge in [-0.15, -0.1) is 0 Å². The monoisotopic (exact) mass is 560 g/mol. The van der Waals surface area contributed by atoms with Gasteiger partial charge in [0, 0.05) is 40.7 Å². The van der Waals surface area contributed by atoms with Crippen LogP contribution in [0.15, 0.2) is 93.9 Å². The molecule has 6 nitrogen and oxygen atoms in total. The highest BCUT2D eigenvalue weighted by atomic mass is 79.9. The molecule has 0 radical (unpaired) electrons. The zero-order valence-corrected chi connectivity index (χ0v) is 21.9. The molecule has 182 valence electrons. The molecule has 1 N–H and O–H groups in total. The molecule has 0 amide bonds. The summed E-state index contributed by atoms with van der Waals surface area (Å²) in [5, 5.41) is 4.15. The highest BCUT2D eigenvalue weighted by Crippen LogP contribution is 2.43. The smallest absolute Gasteiger partial charge is 0.174 e. The minimum Gasteiger partial charge on any atom is -0.459 e. The first-order valence-corrected chi connectivity index (χ1v) is 13.2. The standard InChI is InChI=1S/C28H25BrN4O2S/c29-20-6-4-19(5-7-20)24-12-13-25(35-24)27-26(23-3-1-2-14-30-23)31-28(36)33(27)22-10-8-21(9-11-22)32-15-17-34-18-16-32/h1-14,26-27H,15-18H2,(H,31,36)/t26-,27+/m0/s1. The second-order valence-electron chi connectivity index (χ2n) is 8.82. The van der Waals surface area contributed by atoms with Crippen molar-refractivity contribution in [2.45, 2.75) is 12.1 Å². The number of anilines is 2. The normalized spacial score (nSPS) is 20.0. The average molecular weight is 562 g/mol. The first-order valence-electron chi connectivity index (χ1n) is 12.0. The number of hydrogen-bond donors (Lipinski definition) is 1. The SMILES string of the molecule is S=C1N[C@@H](c2ccccn2)[C@@H](c2ccc(-c3ccc(Br)cc3)o2)N1c1ccc(N2CCOCC2)cc1. The quantitative estimate of drug-likeness (QED) is 0.295. The number of hydrogen-bond acceptors (Lipinski definition) is 5. The van der Waals surface area contributed by atoms with Gasteiger partial charge in [0.2, 0.25) is 0 Å². The van der Waals surface area contributed by atoms with Crippen LogP contribution >= 0.6 is 28.1 Å². The summed E-state index contributed by atoms with van der Waals surface area (Å²) >= 11 is 9.37. The minimum atomic E-state index is -0.189. The van der Waals surface area contributed by atoms with Gasteiger partial charge in [-0.25, -0.2) is 0 Å². The Balaban J connectivity index is 1.37. The number of pyridine rings is 1. The molecule has 0 unspecified atom stereocenters. The van der Waals surface area contributed by atoms with Crippen LogP contribution in [0.1, 0.15) is 23.5 Å². The van der Waals surface area contributed by atoms with E-state index in [2.05, 4.69) is 60.3 Å². The van der Waals surface area contributed by atoms with E-state index < -0.39 is 0 Å². The Bertz CT molecular complexity index is 1340. The number of rotatable bonds is 5. The van der Waals surface area contributed by atoms with Crippen LogP contribution in [0.3, 0.4) is 0 Å². The van der Waals surface area contributed by atoms with Gasteiger partial charge in [-0.05, 0) is 72.9 Å². The van der Waals surface area contributed by atoms with Gasteiger partial charge in [0.15, 0.2) is 5.11 Å². The number of nitrogens with one attached hydrogen (secondary N) is 1. The third-order valence-electron chi connectivity index (χ3n) is 6.65. The van der Waals surface area contributed by atoms with Gasteiger partial charge in [0.25, 0.3) is 0 Å². The number of halogens is 1. The van der Waals surface area contributed by atoms with E-state index in [0.29, 0.717) is 5.11 Å². The van der Waals surface area contributed by atoms with Gasteiger partial charge in [-0.1, -0.05) is 34.1 Å². The van der Waals surface area contributed by atoms with Gasteiger partial charge in [0.05, 0.1) is 24.9 Å². The van der Waals surface area contributed by atoms with Crippen LogP contribution in [0, 0.1) is 0 Å². The molecule has 2 atom stereocenters. The van der Waals surface area contributed by atoms with Crippen LogP contribution in [0.25, 0.3) is 11.3 Å². The van der Waals surface area contributed by atoms with E-state index in [-0.39, 0.29) is 12.1 Å². The molecular weight excluding hydrogens is 536 g/mol. The van der Waals surface area contributed by atoms with Crippen molar-refractivity contribution in [1.82, 2.24) is 10.3 Å².